The number of halogens is 2. The van der Waals surface area contributed by atoms with Gasteiger partial charge in [0.2, 0.25) is 0 Å². The van der Waals surface area contributed by atoms with E-state index in [4.69, 9.17) is 11.6 Å². The quantitative estimate of drug-likeness (QED) is 0.788. The Morgan fingerprint density at radius 2 is 2.06 bits per heavy atom. The summed E-state index contributed by atoms with van der Waals surface area (Å²) in [5.74, 6) is 0.253. The molecule has 0 bridgehead atoms. The lowest BCUT2D eigenvalue weighted by atomic mass is 9.97. The highest BCUT2D eigenvalue weighted by atomic mass is 35.5. The Morgan fingerprint density at radius 3 is 2.76 bits per heavy atom. The van der Waals surface area contributed by atoms with Crippen LogP contribution in [0.5, 0.6) is 0 Å². The van der Waals surface area contributed by atoms with E-state index in [9.17, 15) is 9.18 Å². The van der Waals surface area contributed by atoms with Crippen molar-refractivity contribution in [3.63, 3.8) is 0 Å². The van der Waals surface area contributed by atoms with Crippen LogP contribution in [0.2, 0.25) is 5.02 Å². The zero-order valence-electron chi connectivity index (χ0n) is 9.72. The van der Waals surface area contributed by atoms with Gasteiger partial charge < -0.3 is 0 Å². The van der Waals surface area contributed by atoms with Crippen LogP contribution >= 0.6 is 11.6 Å². The van der Waals surface area contributed by atoms with Crippen LogP contribution in [-0.4, -0.2) is 5.78 Å². The lowest BCUT2D eigenvalue weighted by Crippen LogP contribution is -2.11. The molecule has 0 saturated heterocycles. The van der Waals surface area contributed by atoms with Crippen LogP contribution in [0.15, 0.2) is 18.2 Å². The predicted octanol–water partition coefficient (Wildman–Crippen LogP) is 4.17. The SMILES string of the molecule is O=C(CCc1cc(F)ccc1Cl)C1CCCC1. The number of ketones is 1. The summed E-state index contributed by atoms with van der Waals surface area (Å²) in [5, 5.41) is 0.547. The van der Waals surface area contributed by atoms with Crippen LogP contribution in [0.3, 0.4) is 0 Å². The van der Waals surface area contributed by atoms with Crippen molar-refractivity contribution < 1.29 is 9.18 Å². The first-order valence-electron chi connectivity index (χ1n) is 6.13. The highest BCUT2D eigenvalue weighted by molar-refractivity contribution is 6.31. The summed E-state index contributed by atoms with van der Waals surface area (Å²) >= 11 is 5.96. The average Bonchev–Trinajstić information content (AvgIpc) is 2.83. The molecule has 0 amide bonds. The molecule has 1 aliphatic rings. The van der Waals surface area contributed by atoms with E-state index in [0.717, 1.165) is 31.2 Å². The second-order valence-electron chi connectivity index (χ2n) is 4.68. The van der Waals surface area contributed by atoms with Crippen LogP contribution < -0.4 is 0 Å². The molecule has 1 fully saturated rings. The Labute approximate surface area is 106 Å². The van der Waals surface area contributed by atoms with Crippen LogP contribution in [0.25, 0.3) is 0 Å². The van der Waals surface area contributed by atoms with Gasteiger partial charge in [-0.2, -0.15) is 0 Å². The van der Waals surface area contributed by atoms with Crippen LogP contribution in [0.4, 0.5) is 4.39 Å². The van der Waals surface area contributed by atoms with Gasteiger partial charge in [-0.05, 0) is 43.0 Å². The van der Waals surface area contributed by atoms with E-state index in [1.165, 1.54) is 12.1 Å². The number of carbonyl (C=O) groups excluding carboxylic acids is 1. The maximum absolute atomic E-state index is 13.0. The van der Waals surface area contributed by atoms with Gasteiger partial charge in [0.25, 0.3) is 0 Å². The molecule has 0 aliphatic heterocycles. The van der Waals surface area contributed by atoms with Crippen molar-refractivity contribution >= 4 is 17.4 Å². The number of Topliss-reactive ketones (excluding diaryl/α,β-unsaturated/α-hetero) is 1. The van der Waals surface area contributed by atoms with Crippen molar-refractivity contribution in [3.8, 4) is 0 Å². The summed E-state index contributed by atoms with van der Waals surface area (Å²) in [6.07, 6.45) is 5.40. The van der Waals surface area contributed by atoms with E-state index < -0.39 is 0 Å². The molecule has 1 saturated carbocycles. The smallest absolute Gasteiger partial charge is 0.136 e. The summed E-state index contributed by atoms with van der Waals surface area (Å²) in [4.78, 5) is 11.9. The molecule has 0 unspecified atom stereocenters. The van der Waals surface area contributed by atoms with Gasteiger partial charge in [0.05, 0.1) is 0 Å². The third-order valence-electron chi connectivity index (χ3n) is 3.46. The summed E-state index contributed by atoms with van der Waals surface area (Å²) in [5.41, 5.74) is 0.734. The number of benzene rings is 1. The second-order valence-corrected chi connectivity index (χ2v) is 5.09. The summed E-state index contributed by atoms with van der Waals surface area (Å²) in [7, 11) is 0. The predicted molar refractivity (Wildman–Crippen MR) is 66.7 cm³/mol. The minimum atomic E-state index is -0.294. The van der Waals surface area contributed by atoms with Gasteiger partial charge in [0.15, 0.2) is 0 Å². The molecule has 0 spiro atoms. The molecule has 92 valence electrons. The highest BCUT2D eigenvalue weighted by Gasteiger charge is 2.22. The molecule has 1 aromatic rings. The maximum atomic E-state index is 13.0. The Morgan fingerprint density at radius 1 is 1.35 bits per heavy atom. The third kappa shape index (κ3) is 3.29. The topological polar surface area (TPSA) is 17.1 Å². The molecule has 2 rings (SSSR count). The second kappa shape index (κ2) is 5.63. The van der Waals surface area contributed by atoms with Crippen LogP contribution in [0, 0.1) is 11.7 Å². The van der Waals surface area contributed by atoms with Gasteiger partial charge in [0, 0.05) is 17.4 Å². The lowest BCUT2D eigenvalue weighted by Gasteiger charge is -2.08. The molecule has 0 atom stereocenters. The van der Waals surface area contributed by atoms with Crippen molar-refractivity contribution in [1.29, 1.82) is 0 Å². The van der Waals surface area contributed by atoms with Gasteiger partial charge in [-0.3, -0.25) is 4.79 Å². The minimum absolute atomic E-state index is 0.238. The first kappa shape index (κ1) is 12.6. The Balaban J connectivity index is 1.92. The first-order chi connectivity index (χ1) is 8.16. The van der Waals surface area contributed by atoms with E-state index in [-0.39, 0.29) is 11.7 Å². The van der Waals surface area contributed by atoms with Crippen LogP contribution in [-0.2, 0) is 11.2 Å². The lowest BCUT2D eigenvalue weighted by molar-refractivity contribution is -0.122. The van der Waals surface area contributed by atoms with Crippen molar-refractivity contribution in [1.82, 2.24) is 0 Å². The molecule has 1 aliphatic carbocycles. The molecule has 0 aromatic heterocycles. The van der Waals surface area contributed by atoms with E-state index in [2.05, 4.69) is 0 Å². The molecule has 17 heavy (non-hydrogen) atoms. The summed E-state index contributed by atoms with van der Waals surface area (Å²) in [6, 6.07) is 4.31. The molecule has 1 nitrogen and oxygen atoms in total. The van der Waals surface area contributed by atoms with Gasteiger partial charge >= 0.3 is 0 Å². The zero-order chi connectivity index (χ0) is 12.3. The maximum Gasteiger partial charge on any atom is 0.136 e. The number of hydrogen-bond donors (Lipinski definition) is 0. The fraction of sp³-hybridized carbons (Fsp3) is 0.500. The van der Waals surface area contributed by atoms with Crippen LogP contribution in [0.1, 0.15) is 37.7 Å². The van der Waals surface area contributed by atoms with Crippen molar-refractivity contribution in [2.24, 2.45) is 5.92 Å². The van der Waals surface area contributed by atoms with E-state index in [1.807, 2.05) is 0 Å². The van der Waals surface area contributed by atoms with E-state index in [1.54, 1.807) is 6.07 Å². The standard InChI is InChI=1S/C14H16ClFO/c15-13-7-6-12(16)9-11(13)5-8-14(17)10-3-1-2-4-10/h6-7,9-10H,1-5,8H2. The van der Waals surface area contributed by atoms with Crippen molar-refractivity contribution in [3.05, 3.63) is 34.6 Å². The monoisotopic (exact) mass is 254 g/mol. The number of hydrogen-bond acceptors (Lipinski definition) is 1. The number of rotatable bonds is 4. The van der Waals surface area contributed by atoms with E-state index in [0.29, 0.717) is 23.6 Å². The van der Waals surface area contributed by atoms with Crippen molar-refractivity contribution in [2.45, 2.75) is 38.5 Å². The number of aryl methyl sites for hydroxylation is 1. The summed E-state index contributed by atoms with van der Waals surface area (Å²) in [6.45, 7) is 0. The third-order valence-corrected chi connectivity index (χ3v) is 3.83. The fourth-order valence-corrected chi connectivity index (χ4v) is 2.66. The van der Waals surface area contributed by atoms with Gasteiger partial charge in [-0.25, -0.2) is 4.39 Å². The molecule has 1 aromatic carbocycles. The molecule has 3 heteroatoms. The minimum Gasteiger partial charge on any atom is -0.299 e. The highest BCUT2D eigenvalue weighted by Crippen LogP contribution is 2.27. The fourth-order valence-electron chi connectivity index (χ4n) is 2.44. The average molecular weight is 255 g/mol. The first-order valence-corrected chi connectivity index (χ1v) is 6.51. The van der Waals surface area contributed by atoms with Gasteiger partial charge in [-0.1, -0.05) is 24.4 Å². The van der Waals surface area contributed by atoms with Gasteiger partial charge in [0.1, 0.15) is 11.6 Å². The van der Waals surface area contributed by atoms with Crippen molar-refractivity contribution in [2.75, 3.05) is 0 Å². The Hall–Kier alpha value is -0.890. The Kier molecular flexibility index (Phi) is 4.16. The number of carbonyl (C=O) groups is 1. The largest absolute Gasteiger partial charge is 0.299 e. The van der Waals surface area contributed by atoms with E-state index >= 15 is 0 Å². The Bertz CT molecular complexity index is 411. The van der Waals surface area contributed by atoms with Gasteiger partial charge in [-0.15, -0.1) is 0 Å². The normalized spacial score (nSPS) is 16.4. The summed E-state index contributed by atoms with van der Waals surface area (Å²) < 4.78 is 13.0. The molecular formula is C14H16ClFO. The molecule has 0 heterocycles. The molecular weight excluding hydrogens is 239 g/mol. The molecule has 0 radical (unpaired) electrons. The molecule has 0 N–H and O–H groups in total. The zero-order valence-corrected chi connectivity index (χ0v) is 10.5.